The molecule has 1 unspecified atom stereocenters. The molecule has 2 heteroatoms. The fraction of sp³-hybridized carbons (Fsp3) is 0.200. The molecule has 2 aromatic rings. The Morgan fingerprint density at radius 2 is 1.53 bits per heavy atom. The van der Waals surface area contributed by atoms with Crippen LogP contribution in [0.5, 0.6) is 0 Å². The van der Waals surface area contributed by atoms with E-state index in [1.165, 1.54) is 16.7 Å². The van der Waals surface area contributed by atoms with E-state index in [1.807, 2.05) is 0 Å². The molecule has 0 aliphatic carbocycles. The molecule has 0 fully saturated rings. The third kappa shape index (κ3) is 3.68. The number of rotatable bonds is 3. The van der Waals surface area contributed by atoms with Crippen molar-refractivity contribution >= 4 is 31.9 Å². The molecule has 0 radical (unpaired) electrons. The lowest BCUT2D eigenvalue weighted by Crippen LogP contribution is -1.95. The predicted octanol–water partition coefficient (Wildman–Crippen LogP) is 5.44. The lowest BCUT2D eigenvalue weighted by molar-refractivity contribution is 0.947. The van der Waals surface area contributed by atoms with Crippen LogP contribution in [-0.4, -0.2) is 0 Å². The molecular formula is C15H14Br2. The minimum atomic E-state index is 0.373. The smallest absolute Gasteiger partial charge is 0.0435 e. The largest absolute Gasteiger partial charge is 0.0835 e. The van der Waals surface area contributed by atoms with Gasteiger partial charge in [0.25, 0.3) is 0 Å². The predicted molar refractivity (Wildman–Crippen MR) is 80.7 cm³/mol. The number of hydrogen-bond acceptors (Lipinski definition) is 0. The highest BCUT2D eigenvalue weighted by Gasteiger charge is 2.08. The van der Waals surface area contributed by atoms with E-state index in [4.69, 9.17) is 0 Å². The van der Waals surface area contributed by atoms with E-state index in [0.29, 0.717) is 4.83 Å². The van der Waals surface area contributed by atoms with Crippen LogP contribution < -0.4 is 0 Å². The maximum absolute atomic E-state index is 3.75. The molecule has 0 aromatic heterocycles. The maximum atomic E-state index is 3.75. The van der Waals surface area contributed by atoms with E-state index in [1.54, 1.807) is 0 Å². The van der Waals surface area contributed by atoms with Crippen molar-refractivity contribution in [3.8, 4) is 0 Å². The zero-order valence-corrected chi connectivity index (χ0v) is 12.8. The van der Waals surface area contributed by atoms with Gasteiger partial charge in [0, 0.05) is 9.30 Å². The Balaban J connectivity index is 2.08. The van der Waals surface area contributed by atoms with Gasteiger partial charge in [-0.3, -0.25) is 0 Å². The van der Waals surface area contributed by atoms with Gasteiger partial charge in [0.15, 0.2) is 0 Å². The minimum absolute atomic E-state index is 0.373. The SMILES string of the molecule is Cc1ccc(CC(Br)c2ccc(Br)cc2)cc1. The second-order valence-electron chi connectivity index (χ2n) is 4.21. The maximum Gasteiger partial charge on any atom is 0.0435 e. The van der Waals surface area contributed by atoms with E-state index >= 15 is 0 Å². The first-order valence-electron chi connectivity index (χ1n) is 5.60. The molecule has 88 valence electrons. The van der Waals surface area contributed by atoms with Crippen molar-refractivity contribution in [3.05, 3.63) is 69.7 Å². The van der Waals surface area contributed by atoms with Gasteiger partial charge in [0.1, 0.15) is 0 Å². The molecule has 0 spiro atoms. The number of aryl methyl sites for hydroxylation is 1. The van der Waals surface area contributed by atoms with E-state index in [-0.39, 0.29) is 0 Å². The molecule has 0 bridgehead atoms. The van der Waals surface area contributed by atoms with Gasteiger partial charge < -0.3 is 0 Å². The molecule has 0 aliphatic rings. The number of benzene rings is 2. The summed E-state index contributed by atoms with van der Waals surface area (Å²) in [6.45, 7) is 2.12. The van der Waals surface area contributed by atoms with Crippen LogP contribution in [0.4, 0.5) is 0 Å². The minimum Gasteiger partial charge on any atom is -0.0835 e. The van der Waals surface area contributed by atoms with Crippen LogP contribution in [0, 0.1) is 6.92 Å². The highest BCUT2D eigenvalue weighted by atomic mass is 79.9. The zero-order chi connectivity index (χ0) is 12.3. The van der Waals surface area contributed by atoms with Crippen molar-refractivity contribution in [2.24, 2.45) is 0 Å². The van der Waals surface area contributed by atoms with Crippen LogP contribution in [0.25, 0.3) is 0 Å². The molecule has 2 rings (SSSR count). The van der Waals surface area contributed by atoms with Crippen molar-refractivity contribution in [2.75, 3.05) is 0 Å². The Hall–Kier alpha value is -0.600. The lowest BCUT2D eigenvalue weighted by atomic mass is 10.0. The molecule has 0 amide bonds. The summed E-state index contributed by atoms with van der Waals surface area (Å²) in [6, 6.07) is 17.2. The first-order chi connectivity index (χ1) is 8.15. The van der Waals surface area contributed by atoms with Gasteiger partial charge in [-0.25, -0.2) is 0 Å². The second-order valence-corrected chi connectivity index (χ2v) is 6.23. The summed E-state index contributed by atoms with van der Waals surface area (Å²) in [5, 5.41) is 0. The molecule has 1 atom stereocenters. The Bertz CT molecular complexity index is 471. The van der Waals surface area contributed by atoms with Crippen molar-refractivity contribution in [1.82, 2.24) is 0 Å². The standard InChI is InChI=1S/C15H14Br2/c1-11-2-4-12(5-3-11)10-15(17)13-6-8-14(16)9-7-13/h2-9,15H,10H2,1H3. The number of alkyl halides is 1. The summed E-state index contributed by atoms with van der Waals surface area (Å²) in [6.07, 6.45) is 1.02. The van der Waals surface area contributed by atoms with E-state index in [0.717, 1.165) is 10.9 Å². The normalized spacial score (nSPS) is 12.4. The quantitative estimate of drug-likeness (QED) is 0.645. The first-order valence-corrected chi connectivity index (χ1v) is 7.31. The highest BCUT2D eigenvalue weighted by molar-refractivity contribution is 9.10. The summed E-state index contributed by atoms with van der Waals surface area (Å²) < 4.78 is 1.12. The van der Waals surface area contributed by atoms with Gasteiger partial charge in [-0.05, 0) is 36.6 Å². The van der Waals surface area contributed by atoms with Crippen molar-refractivity contribution in [3.63, 3.8) is 0 Å². The average Bonchev–Trinajstić information content (AvgIpc) is 2.33. The van der Waals surface area contributed by atoms with Crippen LogP contribution in [0.3, 0.4) is 0 Å². The summed E-state index contributed by atoms with van der Waals surface area (Å²) >= 11 is 7.20. The third-order valence-electron chi connectivity index (χ3n) is 2.77. The van der Waals surface area contributed by atoms with E-state index in [2.05, 4.69) is 87.3 Å². The van der Waals surface area contributed by atoms with Crippen LogP contribution in [0.1, 0.15) is 21.5 Å². The third-order valence-corrected chi connectivity index (χ3v) is 4.15. The monoisotopic (exact) mass is 352 g/mol. The molecule has 0 saturated carbocycles. The van der Waals surface area contributed by atoms with E-state index < -0.39 is 0 Å². The Kier molecular flexibility index (Phi) is 4.41. The van der Waals surface area contributed by atoms with Crippen molar-refractivity contribution < 1.29 is 0 Å². The van der Waals surface area contributed by atoms with Crippen LogP contribution in [0.2, 0.25) is 0 Å². The number of hydrogen-bond donors (Lipinski definition) is 0. The fourth-order valence-corrected chi connectivity index (χ4v) is 2.66. The van der Waals surface area contributed by atoms with Gasteiger partial charge >= 0.3 is 0 Å². The summed E-state index contributed by atoms with van der Waals surface area (Å²) in [5.41, 5.74) is 3.98. The van der Waals surface area contributed by atoms with Gasteiger partial charge in [0.2, 0.25) is 0 Å². The fourth-order valence-electron chi connectivity index (χ4n) is 1.72. The topological polar surface area (TPSA) is 0 Å². The summed E-state index contributed by atoms with van der Waals surface area (Å²) in [4.78, 5) is 0.373. The van der Waals surface area contributed by atoms with Gasteiger partial charge in [0.05, 0.1) is 0 Å². The lowest BCUT2D eigenvalue weighted by Gasteiger charge is -2.10. The van der Waals surface area contributed by atoms with Crippen molar-refractivity contribution in [1.29, 1.82) is 0 Å². The van der Waals surface area contributed by atoms with Crippen molar-refractivity contribution in [2.45, 2.75) is 18.2 Å². The van der Waals surface area contributed by atoms with Gasteiger partial charge in [-0.15, -0.1) is 0 Å². The first kappa shape index (κ1) is 12.8. The Morgan fingerprint density at radius 3 is 2.12 bits per heavy atom. The molecule has 0 N–H and O–H groups in total. The Morgan fingerprint density at radius 1 is 0.941 bits per heavy atom. The van der Waals surface area contributed by atoms with Gasteiger partial charge in [-0.1, -0.05) is 73.8 Å². The van der Waals surface area contributed by atoms with Crippen LogP contribution in [0.15, 0.2) is 53.0 Å². The molecular weight excluding hydrogens is 340 g/mol. The van der Waals surface area contributed by atoms with Crippen LogP contribution in [-0.2, 0) is 6.42 Å². The second kappa shape index (κ2) is 5.83. The summed E-state index contributed by atoms with van der Waals surface area (Å²) in [7, 11) is 0. The van der Waals surface area contributed by atoms with Crippen LogP contribution >= 0.6 is 31.9 Å². The molecule has 0 aliphatic heterocycles. The van der Waals surface area contributed by atoms with E-state index in [9.17, 15) is 0 Å². The zero-order valence-electron chi connectivity index (χ0n) is 9.66. The molecule has 2 aromatic carbocycles. The molecule has 0 heterocycles. The highest BCUT2D eigenvalue weighted by Crippen LogP contribution is 2.28. The molecule has 0 nitrogen and oxygen atoms in total. The Labute approximate surface area is 119 Å². The summed E-state index contributed by atoms with van der Waals surface area (Å²) in [5.74, 6) is 0. The number of halogens is 2. The van der Waals surface area contributed by atoms with Gasteiger partial charge in [-0.2, -0.15) is 0 Å². The molecule has 0 saturated heterocycles. The average molecular weight is 354 g/mol. The molecule has 17 heavy (non-hydrogen) atoms.